The quantitative estimate of drug-likeness (QED) is 0.544. The van der Waals surface area contributed by atoms with E-state index in [1.807, 2.05) is 6.92 Å². The molecule has 158 valence electrons. The van der Waals surface area contributed by atoms with Gasteiger partial charge in [0.1, 0.15) is 10.8 Å². The van der Waals surface area contributed by atoms with Gasteiger partial charge in [0.25, 0.3) is 15.9 Å². The van der Waals surface area contributed by atoms with Crippen LogP contribution in [0.5, 0.6) is 5.75 Å². The zero-order valence-electron chi connectivity index (χ0n) is 16.8. The summed E-state index contributed by atoms with van der Waals surface area (Å²) < 4.78 is 33.7. The van der Waals surface area contributed by atoms with E-state index < -0.39 is 15.9 Å². The fraction of sp³-hybridized carbons (Fsp3) is 0.250. The van der Waals surface area contributed by atoms with Crippen LogP contribution in [0.2, 0.25) is 0 Å². The van der Waals surface area contributed by atoms with Crippen LogP contribution in [0.3, 0.4) is 0 Å². The monoisotopic (exact) mass is 446 g/mol. The third-order valence-corrected chi connectivity index (χ3v) is 6.65. The number of amides is 1. The van der Waals surface area contributed by atoms with Gasteiger partial charge in [-0.2, -0.15) is 0 Å². The van der Waals surface area contributed by atoms with Crippen LogP contribution >= 0.6 is 11.3 Å². The van der Waals surface area contributed by atoms with Crippen molar-refractivity contribution in [3.63, 3.8) is 0 Å². The maximum absolute atomic E-state index is 13.0. The van der Waals surface area contributed by atoms with E-state index in [2.05, 4.69) is 20.2 Å². The van der Waals surface area contributed by atoms with E-state index in [9.17, 15) is 13.2 Å². The number of hydrogen-bond acceptors (Lipinski definition) is 7. The molecule has 2 aromatic carbocycles. The van der Waals surface area contributed by atoms with Crippen molar-refractivity contribution in [3.05, 3.63) is 58.6 Å². The molecular weight excluding hydrogens is 424 g/mol. The van der Waals surface area contributed by atoms with E-state index in [0.717, 1.165) is 17.8 Å². The average molecular weight is 447 g/mol. The Hall–Kier alpha value is -2.98. The maximum atomic E-state index is 13.0. The molecule has 0 fully saturated rings. The molecule has 0 bridgehead atoms. The van der Waals surface area contributed by atoms with Crippen molar-refractivity contribution in [2.24, 2.45) is 0 Å². The molecule has 0 saturated heterocycles. The predicted octanol–water partition coefficient (Wildman–Crippen LogP) is 3.86. The Bertz CT molecular complexity index is 1160. The molecule has 0 atom stereocenters. The number of carbonyl (C=O) groups excluding carboxylic acids is 1. The summed E-state index contributed by atoms with van der Waals surface area (Å²) in [6.45, 7) is 3.70. The summed E-state index contributed by atoms with van der Waals surface area (Å²) in [5.41, 5.74) is 1.02. The normalized spacial score (nSPS) is 11.2. The van der Waals surface area contributed by atoms with E-state index >= 15 is 0 Å². The first kappa shape index (κ1) is 21.7. The molecule has 0 aliphatic rings. The van der Waals surface area contributed by atoms with E-state index in [1.165, 1.54) is 24.5 Å². The number of para-hydroxylation sites is 2. The molecule has 0 radical (unpaired) electrons. The van der Waals surface area contributed by atoms with Crippen LogP contribution in [-0.2, 0) is 16.4 Å². The molecule has 0 aliphatic carbocycles. The maximum Gasteiger partial charge on any atom is 0.262 e. The van der Waals surface area contributed by atoms with E-state index in [0.29, 0.717) is 22.1 Å². The number of aryl methyl sites for hydroxylation is 2. The number of aromatic nitrogens is 2. The molecule has 1 amide bonds. The molecule has 3 rings (SSSR count). The van der Waals surface area contributed by atoms with Gasteiger partial charge in [-0.25, -0.2) is 8.42 Å². The highest BCUT2D eigenvalue weighted by atomic mass is 32.2. The Morgan fingerprint density at radius 1 is 1.17 bits per heavy atom. The Morgan fingerprint density at radius 3 is 2.67 bits per heavy atom. The molecule has 1 heterocycles. The van der Waals surface area contributed by atoms with Gasteiger partial charge in [0.05, 0.1) is 17.7 Å². The summed E-state index contributed by atoms with van der Waals surface area (Å²) in [5.74, 6) is -0.0604. The molecule has 0 spiro atoms. The molecule has 10 heteroatoms. The summed E-state index contributed by atoms with van der Waals surface area (Å²) in [6.07, 6.45) is 1.72. The average Bonchev–Trinajstić information content (AvgIpc) is 3.15. The number of rotatable bonds is 8. The van der Waals surface area contributed by atoms with E-state index in [4.69, 9.17) is 4.74 Å². The smallest absolute Gasteiger partial charge is 0.262 e. The second-order valence-corrected chi connectivity index (χ2v) is 9.20. The van der Waals surface area contributed by atoms with Crippen LogP contribution in [0.1, 0.15) is 34.3 Å². The number of hydrogen-bond donors (Lipinski definition) is 2. The van der Waals surface area contributed by atoms with Crippen LogP contribution in [0.15, 0.2) is 47.4 Å². The first-order valence-corrected chi connectivity index (χ1v) is 11.5. The molecule has 8 nitrogen and oxygen atoms in total. The van der Waals surface area contributed by atoms with Gasteiger partial charge in [-0.15, -0.1) is 10.2 Å². The van der Waals surface area contributed by atoms with Gasteiger partial charge in [0.15, 0.2) is 0 Å². The van der Waals surface area contributed by atoms with E-state index in [-0.39, 0.29) is 10.5 Å². The lowest BCUT2D eigenvalue weighted by Crippen LogP contribution is -2.17. The summed E-state index contributed by atoms with van der Waals surface area (Å²) in [6, 6.07) is 11.2. The minimum Gasteiger partial charge on any atom is -0.495 e. The lowest BCUT2D eigenvalue weighted by molar-refractivity contribution is 0.102. The number of nitrogens with one attached hydrogen (secondary N) is 2. The van der Waals surface area contributed by atoms with Crippen LogP contribution < -0.4 is 14.8 Å². The molecule has 1 aromatic heterocycles. The first-order valence-electron chi connectivity index (χ1n) is 9.24. The molecule has 0 unspecified atom stereocenters. The Labute approximate surface area is 179 Å². The van der Waals surface area contributed by atoms with Crippen LogP contribution in [0.4, 0.5) is 10.8 Å². The lowest BCUT2D eigenvalue weighted by Gasteiger charge is -2.14. The van der Waals surface area contributed by atoms with Gasteiger partial charge >= 0.3 is 0 Å². The number of nitrogens with zero attached hydrogens (tertiary/aromatic N) is 2. The Kier molecular flexibility index (Phi) is 6.68. The highest BCUT2D eigenvalue weighted by Gasteiger charge is 2.21. The minimum atomic E-state index is -3.94. The zero-order valence-corrected chi connectivity index (χ0v) is 18.4. The molecule has 0 aliphatic heterocycles. The van der Waals surface area contributed by atoms with Gasteiger partial charge in [-0.1, -0.05) is 36.5 Å². The number of carbonyl (C=O) groups is 1. The van der Waals surface area contributed by atoms with Crippen LogP contribution in [-0.4, -0.2) is 31.6 Å². The van der Waals surface area contributed by atoms with Crippen molar-refractivity contribution in [2.45, 2.75) is 31.6 Å². The Balaban J connectivity index is 1.85. The van der Waals surface area contributed by atoms with Crippen LogP contribution in [0.25, 0.3) is 0 Å². The van der Waals surface area contributed by atoms with Gasteiger partial charge in [-0.3, -0.25) is 14.8 Å². The summed E-state index contributed by atoms with van der Waals surface area (Å²) in [4.78, 5) is 12.6. The SMILES string of the molecule is CCCc1nnc(NC(=O)c2ccc(C)c(S(=O)(=O)Nc3ccccc3OC)c2)s1. The second kappa shape index (κ2) is 9.23. The van der Waals surface area contributed by atoms with Gasteiger partial charge in [0, 0.05) is 12.0 Å². The number of methoxy groups -OCH3 is 1. The van der Waals surface area contributed by atoms with Gasteiger partial charge < -0.3 is 4.74 Å². The van der Waals surface area contributed by atoms with Crippen molar-refractivity contribution in [1.29, 1.82) is 0 Å². The molecule has 30 heavy (non-hydrogen) atoms. The molecule has 3 aromatic rings. The number of sulfonamides is 1. The number of anilines is 2. The molecule has 2 N–H and O–H groups in total. The third kappa shape index (κ3) is 4.95. The van der Waals surface area contributed by atoms with Crippen molar-refractivity contribution < 1.29 is 17.9 Å². The number of ether oxygens (including phenoxy) is 1. The third-order valence-electron chi connectivity index (χ3n) is 4.24. The lowest BCUT2D eigenvalue weighted by atomic mass is 10.1. The highest BCUT2D eigenvalue weighted by Crippen LogP contribution is 2.28. The fourth-order valence-electron chi connectivity index (χ4n) is 2.75. The highest BCUT2D eigenvalue weighted by molar-refractivity contribution is 7.92. The first-order chi connectivity index (χ1) is 14.3. The largest absolute Gasteiger partial charge is 0.495 e. The van der Waals surface area contributed by atoms with Crippen molar-refractivity contribution in [1.82, 2.24) is 10.2 Å². The molecule has 0 saturated carbocycles. The summed E-state index contributed by atoms with van der Waals surface area (Å²) in [5, 5.41) is 11.9. The minimum absolute atomic E-state index is 0.00462. The summed E-state index contributed by atoms with van der Waals surface area (Å²) in [7, 11) is -2.48. The fourth-order valence-corrected chi connectivity index (χ4v) is 4.93. The summed E-state index contributed by atoms with van der Waals surface area (Å²) >= 11 is 1.30. The molecular formula is C20H22N4O4S2. The topological polar surface area (TPSA) is 110 Å². The van der Waals surface area contributed by atoms with E-state index in [1.54, 1.807) is 43.3 Å². The van der Waals surface area contributed by atoms with Gasteiger partial charge in [0.2, 0.25) is 5.13 Å². The second-order valence-electron chi connectivity index (χ2n) is 6.49. The number of benzene rings is 2. The van der Waals surface area contributed by atoms with Crippen molar-refractivity contribution >= 4 is 38.1 Å². The van der Waals surface area contributed by atoms with Gasteiger partial charge in [-0.05, 0) is 43.2 Å². The van der Waals surface area contributed by atoms with Crippen molar-refractivity contribution in [3.8, 4) is 5.75 Å². The predicted molar refractivity (Wildman–Crippen MR) is 117 cm³/mol. The van der Waals surface area contributed by atoms with Crippen molar-refractivity contribution in [2.75, 3.05) is 17.1 Å². The standard InChI is InChI=1S/C20H22N4O4S2/c1-4-7-18-22-23-20(29-18)21-19(25)14-11-10-13(2)17(12-14)30(26,27)24-15-8-5-6-9-16(15)28-3/h5-6,8-12,24H,4,7H2,1-3H3,(H,21,23,25). The zero-order chi connectivity index (χ0) is 21.7. The van der Waals surface area contributed by atoms with Crippen LogP contribution in [0, 0.1) is 6.92 Å². The Morgan fingerprint density at radius 2 is 1.93 bits per heavy atom.